The number of hydrogen-bond donors (Lipinski definition) is 0. The Kier molecular flexibility index (Phi) is 3.03. The van der Waals surface area contributed by atoms with Gasteiger partial charge in [-0.3, -0.25) is 4.57 Å². The summed E-state index contributed by atoms with van der Waals surface area (Å²) in [4.78, 5) is 4.65. The van der Waals surface area contributed by atoms with E-state index in [4.69, 9.17) is 11.6 Å². The molecule has 0 saturated heterocycles. The molecule has 0 bridgehead atoms. The zero-order chi connectivity index (χ0) is 13.4. The summed E-state index contributed by atoms with van der Waals surface area (Å²) in [7, 11) is 1.95. The van der Waals surface area contributed by atoms with Crippen molar-refractivity contribution in [2.24, 2.45) is 7.05 Å². The highest BCUT2D eigenvalue weighted by Gasteiger charge is 2.18. The first-order chi connectivity index (χ1) is 9.26. The molecule has 5 heteroatoms. The maximum Gasteiger partial charge on any atom is 0.163 e. The molecule has 0 unspecified atom stereocenters. The third-order valence-corrected chi connectivity index (χ3v) is 3.48. The molecule has 2 aromatic heterocycles. The highest BCUT2D eigenvalue weighted by Crippen LogP contribution is 2.24. The number of benzene rings is 1. The molecule has 2 heterocycles. The van der Waals surface area contributed by atoms with Gasteiger partial charge in [0.25, 0.3) is 0 Å². The Morgan fingerprint density at radius 3 is 2.58 bits per heavy atom. The summed E-state index contributed by atoms with van der Waals surface area (Å²) in [6.07, 6.45) is 0.866. The van der Waals surface area contributed by atoms with E-state index in [1.165, 1.54) is 0 Å². The van der Waals surface area contributed by atoms with Gasteiger partial charge in [0.15, 0.2) is 5.65 Å². The average Bonchev–Trinajstić information content (AvgIpc) is 2.97. The van der Waals surface area contributed by atoms with E-state index in [2.05, 4.69) is 33.7 Å². The van der Waals surface area contributed by atoms with Crippen molar-refractivity contribution in [3.8, 4) is 5.69 Å². The molecule has 98 valence electrons. The third kappa shape index (κ3) is 1.83. The van der Waals surface area contributed by atoms with Crippen LogP contribution < -0.4 is 0 Å². The summed E-state index contributed by atoms with van der Waals surface area (Å²) in [6, 6.07) is 10.1. The summed E-state index contributed by atoms with van der Waals surface area (Å²) in [6.45, 7) is 2.09. The van der Waals surface area contributed by atoms with Crippen LogP contribution in [0.25, 0.3) is 16.9 Å². The van der Waals surface area contributed by atoms with Crippen molar-refractivity contribution < 1.29 is 0 Å². The maximum absolute atomic E-state index is 6.05. The number of hydrogen-bond acceptors (Lipinski definition) is 2. The molecule has 0 spiro atoms. The van der Waals surface area contributed by atoms with Gasteiger partial charge in [0.05, 0.1) is 11.6 Å². The standard InChI is InChI=1S/C14H15ClN4/c1-3-11-13-14(18(2)17-11)19(12(9-15)16-13)10-7-5-4-6-8-10/h4-8H,3,9H2,1-2H3. The average molecular weight is 275 g/mol. The molecule has 19 heavy (non-hydrogen) atoms. The summed E-state index contributed by atoms with van der Waals surface area (Å²) in [5.74, 6) is 1.23. The number of aryl methyl sites for hydroxylation is 2. The molecule has 0 saturated carbocycles. The number of rotatable bonds is 3. The number of para-hydroxylation sites is 1. The third-order valence-electron chi connectivity index (χ3n) is 3.24. The fourth-order valence-electron chi connectivity index (χ4n) is 2.40. The molecule has 3 rings (SSSR count). The normalized spacial score (nSPS) is 11.3. The quantitative estimate of drug-likeness (QED) is 0.688. The monoisotopic (exact) mass is 274 g/mol. The number of imidazole rings is 1. The molecule has 0 N–H and O–H groups in total. The predicted molar refractivity (Wildman–Crippen MR) is 76.8 cm³/mol. The van der Waals surface area contributed by atoms with Gasteiger partial charge in [-0.1, -0.05) is 25.1 Å². The minimum atomic E-state index is 0.382. The van der Waals surface area contributed by atoms with Gasteiger partial charge in [0, 0.05) is 12.7 Å². The van der Waals surface area contributed by atoms with Crippen LogP contribution >= 0.6 is 11.6 Å². The summed E-state index contributed by atoms with van der Waals surface area (Å²) < 4.78 is 3.96. The molecule has 0 aliphatic heterocycles. The van der Waals surface area contributed by atoms with Crippen LogP contribution in [0.15, 0.2) is 30.3 Å². The molecule has 4 nitrogen and oxygen atoms in total. The Balaban J connectivity index is 2.36. The van der Waals surface area contributed by atoms with Crippen LogP contribution in [0.4, 0.5) is 0 Å². The molecule has 3 aromatic rings. The van der Waals surface area contributed by atoms with E-state index >= 15 is 0 Å². The fraction of sp³-hybridized carbons (Fsp3) is 0.286. The highest BCUT2D eigenvalue weighted by atomic mass is 35.5. The van der Waals surface area contributed by atoms with E-state index < -0.39 is 0 Å². The van der Waals surface area contributed by atoms with Crippen LogP contribution in [-0.4, -0.2) is 19.3 Å². The molecular formula is C14H15ClN4. The van der Waals surface area contributed by atoms with Crippen LogP contribution in [0.2, 0.25) is 0 Å². The minimum absolute atomic E-state index is 0.382. The van der Waals surface area contributed by atoms with E-state index in [9.17, 15) is 0 Å². The predicted octanol–water partition coefficient (Wildman–Crippen LogP) is 3.06. The van der Waals surface area contributed by atoms with Crippen molar-refractivity contribution in [2.75, 3.05) is 0 Å². The van der Waals surface area contributed by atoms with Crippen LogP contribution in [0.5, 0.6) is 0 Å². The van der Waals surface area contributed by atoms with Gasteiger partial charge in [-0.25, -0.2) is 9.67 Å². The molecule has 0 fully saturated rings. The van der Waals surface area contributed by atoms with Crippen molar-refractivity contribution in [1.82, 2.24) is 19.3 Å². The van der Waals surface area contributed by atoms with Gasteiger partial charge in [0.1, 0.15) is 11.3 Å². The van der Waals surface area contributed by atoms with Gasteiger partial charge >= 0.3 is 0 Å². The van der Waals surface area contributed by atoms with Gasteiger partial charge in [-0.05, 0) is 18.6 Å². The number of halogens is 1. The first kappa shape index (κ1) is 12.2. The first-order valence-electron chi connectivity index (χ1n) is 6.30. The first-order valence-corrected chi connectivity index (χ1v) is 6.84. The topological polar surface area (TPSA) is 35.6 Å². The van der Waals surface area contributed by atoms with Crippen LogP contribution in [0, 0.1) is 0 Å². The number of aromatic nitrogens is 4. The lowest BCUT2D eigenvalue weighted by molar-refractivity contribution is 0.744. The summed E-state index contributed by atoms with van der Waals surface area (Å²) in [5.41, 5.74) is 4.02. The molecule has 0 aliphatic carbocycles. The van der Waals surface area contributed by atoms with Crippen LogP contribution in [0.3, 0.4) is 0 Å². The Bertz CT molecular complexity index is 712. The minimum Gasteiger partial charge on any atom is -0.280 e. The fourth-order valence-corrected chi connectivity index (χ4v) is 2.58. The van der Waals surface area contributed by atoms with E-state index in [1.807, 2.05) is 29.9 Å². The summed E-state index contributed by atoms with van der Waals surface area (Å²) >= 11 is 6.05. The lowest BCUT2D eigenvalue weighted by Crippen LogP contribution is -2.04. The van der Waals surface area contributed by atoms with Gasteiger partial charge in [-0.15, -0.1) is 11.6 Å². The van der Waals surface area contributed by atoms with Crippen molar-refractivity contribution in [3.05, 3.63) is 41.9 Å². The Morgan fingerprint density at radius 2 is 1.95 bits per heavy atom. The maximum atomic E-state index is 6.05. The zero-order valence-electron chi connectivity index (χ0n) is 11.0. The molecule has 0 radical (unpaired) electrons. The highest BCUT2D eigenvalue weighted by molar-refractivity contribution is 6.17. The molecular weight excluding hydrogens is 260 g/mol. The largest absolute Gasteiger partial charge is 0.280 e. The number of alkyl halides is 1. The van der Waals surface area contributed by atoms with Crippen molar-refractivity contribution in [3.63, 3.8) is 0 Å². The van der Waals surface area contributed by atoms with E-state index in [1.54, 1.807) is 0 Å². The zero-order valence-corrected chi connectivity index (χ0v) is 11.7. The SMILES string of the molecule is CCc1nn(C)c2c1nc(CCl)n2-c1ccccc1. The molecule has 0 amide bonds. The molecule has 0 atom stereocenters. The van der Waals surface area contributed by atoms with E-state index in [0.717, 1.165) is 34.8 Å². The Hall–Kier alpha value is -1.81. The second-order valence-electron chi connectivity index (χ2n) is 4.43. The van der Waals surface area contributed by atoms with Gasteiger partial charge in [-0.2, -0.15) is 5.10 Å². The van der Waals surface area contributed by atoms with Crippen molar-refractivity contribution in [2.45, 2.75) is 19.2 Å². The van der Waals surface area contributed by atoms with Crippen molar-refractivity contribution >= 4 is 22.8 Å². The molecule has 0 aliphatic rings. The molecule has 1 aromatic carbocycles. The lowest BCUT2D eigenvalue weighted by atomic mass is 10.3. The second kappa shape index (κ2) is 4.70. The van der Waals surface area contributed by atoms with Crippen LogP contribution in [0.1, 0.15) is 18.4 Å². The van der Waals surface area contributed by atoms with Gasteiger partial charge < -0.3 is 0 Å². The van der Waals surface area contributed by atoms with E-state index in [-0.39, 0.29) is 0 Å². The summed E-state index contributed by atoms with van der Waals surface area (Å²) in [5, 5.41) is 4.52. The lowest BCUT2D eigenvalue weighted by Gasteiger charge is -2.07. The Labute approximate surface area is 116 Å². The smallest absolute Gasteiger partial charge is 0.163 e. The second-order valence-corrected chi connectivity index (χ2v) is 4.70. The van der Waals surface area contributed by atoms with E-state index in [0.29, 0.717) is 5.88 Å². The van der Waals surface area contributed by atoms with Gasteiger partial charge in [0.2, 0.25) is 0 Å². The Morgan fingerprint density at radius 1 is 1.21 bits per heavy atom. The van der Waals surface area contributed by atoms with Crippen molar-refractivity contribution in [1.29, 1.82) is 0 Å². The number of fused-ring (bicyclic) bond motifs is 1. The number of nitrogens with zero attached hydrogens (tertiary/aromatic N) is 4. The van der Waals surface area contributed by atoms with Crippen LogP contribution in [-0.2, 0) is 19.3 Å².